The van der Waals surface area contributed by atoms with Crippen LogP contribution in [0.1, 0.15) is 42.5 Å². The fraction of sp³-hybridized carbons (Fsp3) is 0.529. The van der Waals surface area contributed by atoms with Crippen molar-refractivity contribution in [1.29, 1.82) is 0 Å². The van der Waals surface area contributed by atoms with Crippen molar-refractivity contribution in [3.63, 3.8) is 0 Å². The third kappa shape index (κ3) is 3.65. The maximum atomic E-state index is 13.0. The topological polar surface area (TPSA) is 40.6 Å². The van der Waals surface area contributed by atoms with Gasteiger partial charge in [-0.05, 0) is 72.9 Å². The van der Waals surface area contributed by atoms with Gasteiger partial charge in [-0.15, -0.1) is 0 Å². The number of benzene rings is 1. The van der Waals surface area contributed by atoms with E-state index in [1.54, 1.807) is 23.1 Å². The molecule has 1 aromatic rings. The second-order valence-corrected chi connectivity index (χ2v) is 7.77. The van der Waals surface area contributed by atoms with Crippen LogP contribution in [-0.2, 0) is 4.79 Å². The lowest BCUT2D eigenvalue weighted by molar-refractivity contribution is -0.136. The average Bonchev–Trinajstić information content (AvgIpc) is 3.08. The summed E-state index contributed by atoms with van der Waals surface area (Å²) in [6, 6.07) is 4.98. The van der Waals surface area contributed by atoms with E-state index in [1.165, 1.54) is 0 Å². The van der Waals surface area contributed by atoms with Gasteiger partial charge in [0.2, 0.25) is 5.91 Å². The summed E-state index contributed by atoms with van der Waals surface area (Å²) in [5, 5.41) is 0.620. The van der Waals surface area contributed by atoms with E-state index >= 15 is 0 Å². The van der Waals surface area contributed by atoms with E-state index in [9.17, 15) is 9.59 Å². The van der Waals surface area contributed by atoms with Crippen molar-refractivity contribution in [3.8, 4) is 0 Å². The van der Waals surface area contributed by atoms with Crippen LogP contribution >= 0.6 is 34.2 Å². The van der Waals surface area contributed by atoms with Crippen molar-refractivity contribution in [1.82, 2.24) is 9.80 Å². The number of hydrogen-bond acceptors (Lipinski definition) is 2. The van der Waals surface area contributed by atoms with E-state index in [-0.39, 0.29) is 17.9 Å². The first-order valence-electron chi connectivity index (χ1n) is 8.13. The lowest BCUT2D eigenvalue weighted by atomic mass is 9.99. The minimum absolute atomic E-state index is 0.0525. The van der Waals surface area contributed by atoms with Crippen LogP contribution in [0.3, 0.4) is 0 Å². The summed E-state index contributed by atoms with van der Waals surface area (Å²) >= 11 is 8.11. The third-order valence-corrected chi connectivity index (χ3v) is 5.76. The smallest absolute Gasteiger partial charge is 0.255 e. The molecule has 2 fully saturated rings. The standard InChI is InChI=1S/C17H20ClIN2O2/c18-12-6-7-13(14(19)11-12)16(22)21-10-2-1-5-15(21)17(23)20-8-3-4-9-20/h6-7,11,15H,1-5,8-10H2. The maximum absolute atomic E-state index is 13.0. The Morgan fingerprint density at radius 3 is 2.48 bits per heavy atom. The Bertz CT molecular complexity index is 617. The third-order valence-electron chi connectivity index (χ3n) is 4.63. The summed E-state index contributed by atoms with van der Waals surface area (Å²) < 4.78 is 0.832. The van der Waals surface area contributed by atoms with Crippen molar-refractivity contribution < 1.29 is 9.59 Å². The Morgan fingerprint density at radius 1 is 1.09 bits per heavy atom. The maximum Gasteiger partial charge on any atom is 0.255 e. The fourth-order valence-electron chi connectivity index (χ4n) is 3.40. The number of piperidine rings is 1. The highest BCUT2D eigenvalue weighted by Crippen LogP contribution is 2.26. The molecule has 23 heavy (non-hydrogen) atoms. The van der Waals surface area contributed by atoms with Crippen molar-refractivity contribution in [2.24, 2.45) is 0 Å². The van der Waals surface area contributed by atoms with E-state index in [4.69, 9.17) is 11.6 Å². The van der Waals surface area contributed by atoms with Gasteiger partial charge in [-0.3, -0.25) is 9.59 Å². The van der Waals surface area contributed by atoms with Crippen LogP contribution in [0.25, 0.3) is 0 Å². The monoisotopic (exact) mass is 446 g/mol. The van der Waals surface area contributed by atoms with Gasteiger partial charge in [0.15, 0.2) is 0 Å². The van der Waals surface area contributed by atoms with E-state index in [0.717, 1.165) is 48.8 Å². The van der Waals surface area contributed by atoms with E-state index < -0.39 is 0 Å². The molecule has 1 aromatic carbocycles. The molecule has 1 unspecified atom stereocenters. The number of carbonyl (C=O) groups excluding carboxylic acids is 2. The van der Waals surface area contributed by atoms with Gasteiger partial charge in [0, 0.05) is 28.2 Å². The lowest BCUT2D eigenvalue weighted by Crippen LogP contribution is -2.52. The van der Waals surface area contributed by atoms with E-state index in [2.05, 4.69) is 22.6 Å². The van der Waals surface area contributed by atoms with E-state index in [0.29, 0.717) is 17.1 Å². The lowest BCUT2D eigenvalue weighted by Gasteiger charge is -2.37. The Morgan fingerprint density at radius 2 is 1.78 bits per heavy atom. The minimum Gasteiger partial charge on any atom is -0.341 e. The number of nitrogens with zero attached hydrogens (tertiary/aromatic N) is 2. The molecule has 0 radical (unpaired) electrons. The zero-order valence-corrected chi connectivity index (χ0v) is 15.8. The van der Waals surface area contributed by atoms with Crippen LogP contribution in [0.4, 0.5) is 0 Å². The summed E-state index contributed by atoms with van der Waals surface area (Å²) in [5.74, 6) is 0.0721. The molecule has 6 heteroatoms. The normalized spacial score (nSPS) is 21.6. The Kier molecular flexibility index (Phi) is 5.46. The molecule has 0 bridgehead atoms. The molecule has 0 spiro atoms. The van der Waals surface area contributed by atoms with Crippen LogP contribution in [0.15, 0.2) is 18.2 Å². The number of rotatable bonds is 2. The van der Waals surface area contributed by atoms with Gasteiger partial charge >= 0.3 is 0 Å². The minimum atomic E-state index is -0.305. The van der Waals surface area contributed by atoms with E-state index in [1.807, 2.05) is 4.90 Å². The zero-order chi connectivity index (χ0) is 16.4. The Balaban J connectivity index is 1.82. The second kappa shape index (κ2) is 7.38. The van der Waals surface area contributed by atoms with Gasteiger partial charge in [0.1, 0.15) is 6.04 Å². The summed E-state index contributed by atoms with van der Waals surface area (Å²) in [5.41, 5.74) is 0.635. The zero-order valence-electron chi connectivity index (χ0n) is 12.9. The molecule has 4 nitrogen and oxygen atoms in total. The number of likely N-dealkylation sites (tertiary alicyclic amines) is 2. The summed E-state index contributed by atoms with van der Waals surface area (Å²) in [4.78, 5) is 29.5. The van der Waals surface area contributed by atoms with Crippen molar-refractivity contribution in [3.05, 3.63) is 32.4 Å². The van der Waals surface area contributed by atoms with Crippen molar-refractivity contribution >= 4 is 46.0 Å². The van der Waals surface area contributed by atoms with Crippen LogP contribution in [0.5, 0.6) is 0 Å². The molecule has 0 N–H and O–H groups in total. The first-order valence-corrected chi connectivity index (χ1v) is 9.58. The predicted molar refractivity (Wildman–Crippen MR) is 98.7 cm³/mol. The number of carbonyl (C=O) groups is 2. The van der Waals surface area contributed by atoms with Gasteiger partial charge < -0.3 is 9.80 Å². The molecular weight excluding hydrogens is 427 g/mol. The summed E-state index contributed by atoms with van der Waals surface area (Å²) in [6.45, 7) is 2.31. The highest BCUT2D eigenvalue weighted by atomic mass is 127. The number of hydrogen-bond donors (Lipinski definition) is 0. The molecule has 124 valence electrons. The quantitative estimate of drug-likeness (QED) is 0.652. The fourth-order valence-corrected chi connectivity index (χ4v) is 4.50. The molecular formula is C17H20ClIN2O2. The predicted octanol–water partition coefficient (Wildman–Crippen LogP) is 3.56. The largest absolute Gasteiger partial charge is 0.341 e. The Labute approximate surface area is 155 Å². The summed E-state index contributed by atoms with van der Waals surface area (Å²) in [6.07, 6.45) is 4.87. The molecule has 0 aromatic heterocycles. The molecule has 0 saturated carbocycles. The van der Waals surface area contributed by atoms with Gasteiger partial charge in [0.05, 0.1) is 5.56 Å². The highest BCUT2D eigenvalue weighted by molar-refractivity contribution is 14.1. The molecule has 2 aliphatic heterocycles. The highest BCUT2D eigenvalue weighted by Gasteiger charge is 2.36. The SMILES string of the molecule is O=C(C1CCCCN1C(=O)c1ccc(Cl)cc1I)N1CCCC1. The average molecular weight is 447 g/mol. The van der Waals surface area contributed by atoms with Gasteiger partial charge in [0.25, 0.3) is 5.91 Å². The van der Waals surface area contributed by atoms with Gasteiger partial charge in [-0.1, -0.05) is 11.6 Å². The molecule has 2 saturated heterocycles. The molecule has 3 rings (SSSR count). The van der Waals surface area contributed by atoms with Crippen molar-refractivity contribution in [2.75, 3.05) is 19.6 Å². The second-order valence-electron chi connectivity index (χ2n) is 6.17. The molecule has 2 amide bonds. The molecule has 1 atom stereocenters. The molecule has 0 aliphatic carbocycles. The Hall–Kier alpha value is -0.820. The first kappa shape index (κ1) is 17.0. The van der Waals surface area contributed by atoms with Crippen LogP contribution in [0, 0.1) is 3.57 Å². The van der Waals surface area contributed by atoms with Crippen LogP contribution < -0.4 is 0 Å². The molecule has 2 aliphatic rings. The summed E-state index contributed by atoms with van der Waals surface area (Å²) in [7, 11) is 0. The number of halogens is 2. The molecule has 2 heterocycles. The van der Waals surface area contributed by atoms with Crippen LogP contribution in [-0.4, -0.2) is 47.3 Å². The van der Waals surface area contributed by atoms with Gasteiger partial charge in [-0.25, -0.2) is 0 Å². The van der Waals surface area contributed by atoms with Gasteiger partial charge in [-0.2, -0.15) is 0 Å². The van der Waals surface area contributed by atoms with Crippen molar-refractivity contribution in [2.45, 2.75) is 38.1 Å². The number of amides is 2. The first-order chi connectivity index (χ1) is 11.1. The van der Waals surface area contributed by atoms with Crippen LogP contribution in [0.2, 0.25) is 5.02 Å².